The minimum atomic E-state index is -3.95. The summed E-state index contributed by atoms with van der Waals surface area (Å²) in [6.45, 7) is -1.98. The molecule has 0 fully saturated rings. The Labute approximate surface area is 85.3 Å². The standard InChI is InChI=1S/C10H10F3NO/c1-14(8-5-3-2-4-6-8)9(15)10(12,13)7-11/h2-6H,7H2,1H3. The second-order valence-electron chi connectivity index (χ2n) is 3.04. The van der Waals surface area contributed by atoms with Gasteiger partial charge in [0, 0.05) is 12.7 Å². The Morgan fingerprint density at radius 3 is 2.33 bits per heavy atom. The lowest BCUT2D eigenvalue weighted by Gasteiger charge is -2.21. The van der Waals surface area contributed by atoms with Crippen LogP contribution in [-0.4, -0.2) is 25.6 Å². The smallest absolute Gasteiger partial charge is 0.310 e. The summed E-state index contributed by atoms with van der Waals surface area (Å²) in [6, 6.07) is 7.88. The van der Waals surface area contributed by atoms with Crippen LogP contribution in [0, 0.1) is 0 Å². The van der Waals surface area contributed by atoms with Crippen LogP contribution in [0.3, 0.4) is 0 Å². The third-order valence-electron chi connectivity index (χ3n) is 1.93. The largest absolute Gasteiger partial charge is 0.352 e. The molecule has 0 atom stereocenters. The number of carbonyl (C=O) groups is 1. The molecule has 2 nitrogen and oxygen atoms in total. The maximum atomic E-state index is 12.7. The lowest BCUT2D eigenvalue weighted by molar-refractivity contribution is -0.144. The molecular weight excluding hydrogens is 207 g/mol. The molecule has 1 rings (SSSR count). The number of hydrogen-bond acceptors (Lipinski definition) is 1. The molecule has 0 saturated heterocycles. The Kier molecular flexibility index (Phi) is 3.34. The fraction of sp³-hybridized carbons (Fsp3) is 0.300. The summed E-state index contributed by atoms with van der Waals surface area (Å²) in [5.41, 5.74) is 0.302. The number of rotatable bonds is 3. The second-order valence-corrected chi connectivity index (χ2v) is 3.04. The molecule has 0 unspecified atom stereocenters. The van der Waals surface area contributed by atoms with Crippen LogP contribution >= 0.6 is 0 Å². The maximum absolute atomic E-state index is 12.7. The van der Waals surface area contributed by atoms with E-state index in [1.165, 1.54) is 19.2 Å². The van der Waals surface area contributed by atoms with Gasteiger partial charge in [0.1, 0.15) is 0 Å². The highest BCUT2D eigenvalue weighted by Crippen LogP contribution is 2.21. The maximum Gasteiger partial charge on any atom is 0.352 e. The van der Waals surface area contributed by atoms with Gasteiger partial charge in [-0.15, -0.1) is 0 Å². The van der Waals surface area contributed by atoms with Gasteiger partial charge in [0.25, 0.3) is 5.91 Å². The van der Waals surface area contributed by atoms with E-state index in [0.717, 1.165) is 4.90 Å². The zero-order chi connectivity index (χ0) is 11.5. The van der Waals surface area contributed by atoms with Crippen molar-refractivity contribution in [1.29, 1.82) is 0 Å². The molecule has 1 aromatic carbocycles. The molecule has 0 saturated carbocycles. The van der Waals surface area contributed by atoms with Crippen LogP contribution in [0.5, 0.6) is 0 Å². The van der Waals surface area contributed by atoms with Gasteiger partial charge in [-0.2, -0.15) is 8.78 Å². The van der Waals surface area contributed by atoms with Gasteiger partial charge < -0.3 is 4.90 Å². The van der Waals surface area contributed by atoms with E-state index >= 15 is 0 Å². The summed E-state index contributed by atoms with van der Waals surface area (Å²) >= 11 is 0. The summed E-state index contributed by atoms with van der Waals surface area (Å²) in [5, 5.41) is 0. The minimum Gasteiger partial charge on any atom is -0.310 e. The van der Waals surface area contributed by atoms with E-state index in [4.69, 9.17) is 0 Å². The van der Waals surface area contributed by atoms with E-state index in [-0.39, 0.29) is 0 Å². The summed E-state index contributed by atoms with van der Waals surface area (Å²) in [5.74, 6) is -5.50. The molecule has 0 spiro atoms. The predicted molar refractivity (Wildman–Crippen MR) is 50.8 cm³/mol. The fourth-order valence-electron chi connectivity index (χ4n) is 1.07. The first kappa shape index (κ1) is 11.6. The van der Waals surface area contributed by atoms with E-state index in [0.29, 0.717) is 5.69 Å². The van der Waals surface area contributed by atoms with Gasteiger partial charge in [-0.1, -0.05) is 18.2 Å². The van der Waals surface area contributed by atoms with E-state index in [1.807, 2.05) is 0 Å². The van der Waals surface area contributed by atoms with Crippen LogP contribution in [0.1, 0.15) is 0 Å². The normalized spacial score (nSPS) is 11.2. The molecule has 5 heteroatoms. The lowest BCUT2D eigenvalue weighted by atomic mass is 10.2. The average molecular weight is 217 g/mol. The first-order chi connectivity index (χ1) is 6.99. The van der Waals surface area contributed by atoms with Crippen molar-refractivity contribution in [3.63, 3.8) is 0 Å². The number of benzene rings is 1. The fourth-order valence-corrected chi connectivity index (χ4v) is 1.07. The van der Waals surface area contributed by atoms with E-state index in [9.17, 15) is 18.0 Å². The molecule has 0 heterocycles. The molecule has 0 bridgehead atoms. The molecule has 0 aliphatic rings. The number of carbonyl (C=O) groups excluding carboxylic acids is 1. The predicted octanol–water partition coefficient (Wildman–Crippen LogP) is 2.25. The monoisotopic (exact) mass is 217 g/mol. The van der Waals surface area contributed by atoms with Gasteiger partial charge in [0.15, 0.2) is 6.67 Å². The number of nitrogens with zero attached hydrogens (tertiary/aromatic N) is 1. The van der Waals surface area contributed by atoms with Crippen molar-refractivity contribution in [1.82, 2.24) is 0 Å². The topological polar surface area (TPSA) is 20.3 Å². The van der Waals surface area contributed by atoms with Crippen molar-refractivity contribution in [2.24, 2.45) is 0 Å². The van der Waals surface area contributed by atoms with E-state index in [2.05, 4.69) is 0 Å². The van der Waals surface area contributed by atoms with Crippen LogP contribution in [0.15, 0.2) is 30.3 Å². The number of halogens is 3. The summed E-state index contributed by atoms with van der Waals surface area (Å²) in [6.07, 6.45) is 0. The highest BCUT2D eigenvalue weighted by Gasteiger charge is 2.41. The van der Waals surface area contributed by atoms with Crippen molar-refractivity contribution in [3.05, 3.63) is 30.3 Å². The van der Waals surface area contributed by atoms with E-state index in [1.54, 1.807) is 18.2 Å². The Hall–Kier alpha value is -1.52. The van der Waals surface area contributed by atoms with Crippen LogP contribution < -0.4 is 4.90 Å². The molecule has 0 aliphatic carbocycles. The van der Waals surface area contributed by atoms with Crippen LogP contribution in [0.4, 0.5) is 18.9 Å². The van der Waals surface area contributed by atoms with Gasteiger partial charge in [-0.3, -0.25) is 4.79 Å². The van der Waals surface area contributed by atoms with E-state index < -0.39 is 18.5 Å². The summed E-state index contributed by atoms with van der Waals surface area (Å²) < 4.78 is 37.3. The molecule has 0 N–H and O–H groups in total. The third kappa shape index (κ3) is 2.49. The molecule has 1 amide bonds. The molecule has 0 radical (unpaired) electrons. The van der Waals surface area contributed by atoms with Gasteiger partial charge in [0.2, 0.25) is 0 Å². The molecule has 15 heavy (non-hydrogen) atoms. The number of anilines is 1. The first-order valence-electron chi connectivity index (χ1n) is 4.26. The SMILES string of the molecule is CN(C(=O)C(F)(F)CF)c1ccccc1. The van der Waals surface area contributed by atoms with Crippen molar-refractivity contribution >= 4 is 11.6 Å². The van der Waals surface area contributed by atoms with Crippen LogP contribution in [-0.2, 0) is 4.79 Å². The number of hydrogen-bond donors (Lipinski definition) is 0. The molecule has 0 aliphatic heterocycles. The van der Waals surface area contributed by atoms with Crippen molar-refractivity contribution in [2.75, 3.05) is 18.6 Å². The second kappa shape index (κ2) is 4.33. The molecular formula is C10H10F3NO. The average Bonchev–Trinajstić information content (AvgIpc) is 2.28. The first-order valence-corrected chi connectivity index (χ1v) is 4.26. The van der Waals surface area contributed by atoms with Crippen molar-refractivity contribution in [3.8, 4) is 0 Å². The molecule has 1 aromatic rings. The highest BCUT2D eigenvalue weighted by atomic mass is 19.3. The Balaban J connectivity index is 2.87. The van der Waals surface area contributed by atoms with Gasteiger partial charge in [-0.25, -0.2) is 4.39 Å². The lowest BCUT2D eigenvalue weighted by Crippen LogP contribution is -2.43. The van der Waals surface area contributed by atoms with Gasteiger partial charge in [-0.05, 0) is 12.1 Å². The zero-order valence-corrected chi connectivity index (χ0v) is 8.08. The van der Waals surface area contributed by atoms with Gasteiger partial charge >= 0.3 is 5.92 Å². The summed E-state index contributed by atoms with van der Waals surface area (Å²) in [7, 11) is 1.18. The van der Waals surface area contributed by atoms with Gasteiger partial charge in [0.05, 0.1) is 0 Å². The Bertz CT molecular complexity index is 340. The quantitative estimate of drug-likeness (QED) is 0.760. The zero-order valence-electron chi connectivity index (χ0n) is 8.08. The molecule has 82 valence electrons. The number of alkyl halides is 3. The highest BCUT2D eigenvalue weighted by molar-refractivity contribution is 5.97. The van der Waals surface area contributed by atoms with Crippen molar-refractivity contribution < 1.29 is 18.0 Å². The third-order valence-corrected chi connectivity index (χ3v) is 1.93. The number of amides is 1. The van der Waals surface area contributed by atoms with Crippen LogP contribution in [0.25, 0.3) is 0 Å². The summed E-state index contributed by atoms with van der Waals surface area (Å²) in [4.78, 5) is 11.9. The Morgan fingerprint density at radius 1 is 1.33 bits per heavy atom. The number of para-hydroxylation sites is 1. The van der Waals surface area contributed by atoms with Crippen LogP contribution in [0.2, 0.25) is 0 Å². The Morgan fingerprint density at radius 2 is 1.87 bits per heavy atom. The van der Waals surface area contributed by atoms with Crippen molar-refractivity contribution in [2.45, 2.75) is 5.92 Å². The minimum absolute atomic E-state index is 0.302. The molecule has 0 aromatic heterocycles.